The third kappa shape index (κ3) is 4.45. The van der Waals surface area contributed by atoms with E-state index in [4.69, 9.17) is 0 Å². The molecule has 0 aromatic heterocycles. The van der Waals surface area contributed by atoms with Crippen LogP contribution in [-0.2, 0) is 6.42 Å². The minimum absolute atomic E-state index is 0.337. The Morgan fingerprint density at radius 3 is 2.35 bits per heavy atom. The van der Waals surface area contributed by atoms with Gasteiger partial charge in [-0.15, -0.1) is 0 Å². The molecule has 1 aromatic rings. The Morgan fingerprint density at radius 2 is 1.78 bits per heavy atom. The van der Waals surface area contributed by atoms with Crippen LogP contribution in [0.3, 0.4) is 0 Å². The highest BCUT2D eigenvalue weighted by Crippen LogP contribution is 2.53. The van der Waals surface area contributed by atoms with E-state index in [9.17, 15) is 0 Å². The summed E-state index contributed by atoms with van der Waals surface area (Å²) in [6.07, 6.45) is 15.3. The van der Waals surface area contributed by atoms with E-state index >= 15 is 0 Å². The Balaban J connectivity index is 2.33. The number of rotatable bonds is 7. The maximum absolute atomic E-state index is 4.19. The molecular weight excluding hydrogens is 300 g/mol. The van der Waals surface area contributed by atoms with Gasteiger partial charge >= 0.3 is 0 Å². The lowest BCUT2D eigenvalue weighted by Crippen LogP contribution is -2.45. The number of nitrogens with one attached hydrogen (secondary N) is 2. The normalized spacial score (nSPS) is 20.4. The Bertz CT molecular complexity index is 502. The first kappa shape index (κ1) is 18.7. The van der Waals surface area contributed by atoms with Gasteiger partial charge in [0.2, 0.25) is 0 Å². The van der Waals surface area contributed by atoms with E-state index in [0.717, 1.165) is 0 Å². The van der Waals surface area contributed by atoms with Crippen molar-refractivity contribution in [2.24, 2.45) is 0 Å². The second kappa shape index (κ2) is 7.94. The molecule has 1 aliphatic heterocycles. The smallest absolute Gasteiger partial charge is 0.0341 e. The summed E-state index contributed by atoms with van der Waals surface area (Å²) in [7, 11) is 1.07. The molecule has 0 unspecified atom stereocenters. The predicted molar refractivity (Wildman–Crippen MR) is 107 cm³/mol. The number of anilines is 1. The van der Waals surface area contributed by atoms with Gasteiger partial charge in [-0.2, -0.15) is 10.2 Å². The molecule has 2 nitrogen and oxygen atoms in total. The number of unbranched alkanes of at least 4 members (excludes halogenated alkanes) is 2. The molecule has 0 spiro atoms. The van der Waals surface area contributed by atoms with Crippen molar-refractivity contribution >= 4 is 15.9 Å². The van der Waals surface area contributed by atoms with E-state index in [1.807, 2.05) is 7.05 Å². The average molecular weight is 337 g/mol. The van der Waals surface area contributed by atoms with Gasteiger partial charge in [0, 0.05) is 23.2 Å². The number of fused-ring (bicyclic) bond motifs is 1. The van der Waals surface area contributed by atoms with E-state index in [2.05, 4.69) is 54.6 Å². The molecule has 2 N–H and O–H groups in total. The van der Waals surface area contributed by atoms with Crippen LogP contribution in [0.15, 0.2) is 23.1 Å². The number of benzene rings is 1. The van der Waals surface area contributed by atoms with Crippen LogP contribution in [0.5, 0.6) is 0 Å². The van der Waals surface area contributed by atoms with Crippen molar-refractivity contribution in [2.45, 2.75) is 75.6 Å². The first-order chi connectivity index (χ1) is 11.0. The lowest BCUT2D eigenvalue weighted by atomic mass is 9.83. The molecule has 132 valence electrons. The zero-order valence-electron chi connectivity index (χ0n) is 15.8. The van der Waals surface area contributed by atoms with E-state index in [0.29, 0.717) is 5.54 Å². The third-order valence-electron chi connectivity index (χ3n) is 5.26. The van der Waals surface area contributed by atoms with Gasteiger partial charge in [-0.05, 0) is 62.0 Å². The summed E-state index contributed by atoms with van der Waals surface area (Å²) in [5.74, 6) is 0. The fraction of sp³-hybridized carbons (Fsp3) is 0.700. The first-order valence-electron chi connectivity index (χ1n) is 9.29. The summed E-state index contributed by atoms with van der Waals surface area (Å²) >= 11 is 0. The predicted octanol–water partition coefficient (Wildman–Crippen LogP) is 5.72. The van der Waals surface area contributed by atoms with Gasteiger partial charge in [0.15, 0.2) is 0 Å². The molecule has 0 amide bonds. The van der Waals surface area contributed by atoms with Gasteiger partial charge in [0.1, 0.15) is 0 Å². The van der Waals surface area contributed by atoms with Crippen molar-refractivity contribution < 1.29 is 0 Å². The summed E-state index contributed by atoms with van der Waals surface area (Å²) in [6, 6.07) is 6.97. The van der Waals surface area contributed by atoms with Gasteiger partial charge in [-0.3, -0.25) is 4.72 Å². The lowest BCUT2D eigenvalue weighted by Gasteiger charge is -2.44. The minimum atomic E-state index is -0.950. The van der Waals surface area contributed by atoms with Gasteiger partial charge in [0.05, 0.1) is 0 Å². The van der Waals surface area contributed by atoms with Crippen LogP contribution in [0, 0.1) is 0 Å². The molecule has 2 rings (SSSR count). The molecule has 23 heavy (non-hydrogen) atoms. The van der Waals surface area contributed by atoms with Crippen LogP contribution >= 0.6 is 10.2 Å². The zero-order valence-corrected chi connectivity index (χ0v) is 16.6. The van der Waals surface area contributed by atoms with E-state index in [1.165, 1.54) is 57.1 Å². The Kier molecular flexibility index (Phi) is 6.44. The average Bonchev–Trinajstić information content (AvgIpc) is 2.65. The van der Waals surface area contributed by atoms with E-state index < -0.39 is 10.2 Å². The molecule has 1 aromatic carbocycles. The van der Waals surface area contributed by atoms with Crippen LogP contribution in [-0.4, -0.2) is 25.1 Å². The molecule has 0 atom stereocenters. The third-order valence-corrected chi connectivity index (χ3v) is 7.70. The topological polar surface area (TPSA) is 24.1 Å². The highest BCUT2D eigenvalue weighted by Gasteiger charge is 2.36. The Labute approximate surface area is 145 Å². The SMILES string of the molecule is CCCCC1(CCCC)CCc2cc(NC)ccc2S(C)(C)N1. The second-order valence-electron chi connectivity index (χ2n) is 7.49. The molecule has 0 fully saturated rings. The Morgan fingerprint density at radius 1 is 1.13 bits per heavy atom. The standard InChI is InChI=1S/C20H36N2S/c1-6-8-13-20(14-9-7-2)15-12-17-16-18(21-3)10-11-19(17)23(4,5)22-20/h10-11,16,21-22H,6-9,12-15H2,1-5H3. The summed E-state index contributed by atoms with van der Waals surface area (Å²) in [5, 5.41) is 3.30. The minimum Gasteiger partial charge on any atom is -0.388 e. The van der Waals surface area contributed by atoms with Gasteiger partial charge < -0.3 is 5.32 Å². The molecule has 0 saturated heterocycles. The van der Waals surface area contributed by atoms with Crippen LogP contribution in [0.25, 0.3) is 0 Å². The number of hydrogen-bond donors (Lipinski definition) is 2. The monoisotopic (exact) mass is 336 g/mol. The molecule has 3 heteroatoms. The number of aryl methyl sites for hydroxylation is 1. The van der Waals surface area contributed by atoms with Crippen molar-refractivity contribution in [3.05, 3.63) is 23.8 Å². The molecule has 1 heterocycles. The van der Waals surface area contributed by atoms with Crippen molar-refractivity contribution in [3.8, 4) is 0 Å². The summed E-state index contributed by atoms with van der Waals surface area (Å²) in [6.45, 7) is 4.63. The van der Waals surface area contributed by atoms with Crippen LogP contribution < -0.4 is 10.0 Å². The highest BCUT2D eigenvalue weighted by molar-refractivity contribution is 8.31. The lowest BCUT2D eigenvalue weighted by molar-refractivity contribution is 0.298. The molecule has 0 aliphatic carbocycles. The van der Waals surface area contributed by atoms with Gasteiger partial charge in [-0.25, -0.2) is 0 Å². The maximum Gasteiger partial charge on any atom is 0.0341 e. The van der Waals surface area contributed by atoms with Crippen molar-refractivity contribution in [3.63, 3.8) is 0 Å². The zero-order chi connectivity index (χ0) is 16.9. The largest absolute Gasteiger partial charge is 0.388 e. The van der Waals surface area contributed by atoms with Crippen LogP contribution in [0.4, 0.5) is 5.69 Å². The van der Waals surface area contributed by atoms with Crippen LogP contribution in [0.2, 0.25) is 0 Å². The summed E-state index contributed by atoms with van der Waals surface area (Å²) in [4.78, 5) is 1.56. The molecule has 0 bridgehead atoms. The van der Waals surface area contributed by atoms with Crippen molar-refractivity contribution in [1.29, 1.82) is 0 Å². The molecule has 1 aliphatic rings. The quantitative estimate of drug-likeness (QED) is 0.665. The van der Waals surface area contributed by atoms with Crippen molar-refractivity contribution in [1.82, 2.24) is 4.72 Å². The molecule has 0 radical (unpaired) electrons. The number of hydrogen-bond acceptors (Lipinski definition) is 2. The van der Waals surface area contributed by atoms with Gasteiger partial charge in [-0.1, -0.05) is 39.5 Å². The van der Waals surface area contributed by atoms with Crippen molar-refractivity contribution in [2.75, 3.05) is 24.9 Å². The molecular formula is C20H36N2S. The van der Waals surface area contributed by atoms with E-state index in [-0.39, 0.29) is 0 Å². The van der Waals surface area contributed by atoms with E-state index in [1.54, 1.807) is 10.5 Å². The Hall–Kier alpha value is -0.670. The fourth-order valence-electron chi connectivity index (χ4n) is 3.96. The second-order valence-corrected chi connectivity index (χ2v) is 10.8. The summed E-state index contributed by atoms with van der Waals surface area (Å²) in [5.41, 5.74) is 3.14. The van der Waals surface area contributed by atoms with Crippen LogP contribution in [0.1, 0.15) is 64.4 Å². The molecule has 0 saturated carbocycles. The summed E-state index contributed by atoms with van der Waals surface area (Å²) < 4.78 is 4.19. The first-order valence-corrected chi connectivity index (χ1v) is 11.7. The highest BCUT2D eigenvalue weighted by atomic mass is 32.3. The maximum atomic E-state index is 4.19. The van der Waals surface area contributed by atoms with Gasteiger partial charge in [0.25, 0.3) is 0 Å². The fourth-order valence-corrected chi connectivity index (χ4v) is 6.68.